The molecule has 1 aromatic rings. The molecule has 0 saturated heterocycles. The number of hydrogen-bond donors (Lipinski definition) is 1. The van der Waals surface area contributed by atoms with Crippen LogP contribution in [0.25, 0.3) is 0 Å². The Kier molecular flexibility index (Phi) is 4.87. The molecule has 0 spiro atoms. The van der Waals surface area contributed by atoms with Crippen molar-refractivity contribution in [3.05, 3.63) is 60.7 Å². The highest BCUT2D eigenvalue weighted by molar-refractivity contribution is 5.96. The highest BCUT2D eigenvalue weighted by atomic mass is 16.4. The monoisotopic (exact) mass is 245 g/mol. The SMILES string of the molecule is C=CCN(CC=C)C(=O)c1ccc(C(=O)O)cc1. The van der Waals surface area contributed by atoms with Crippen LogP contribution in [0.15, 0.2) is 49.6 Å². The van der Waals surface area contributed by atoms with Crippen LogP contribution in [0.4, 0.5) is 0 Å². The minimum absolute atomic E-state index is 0.158. The fourth-order valence-corrected chi connectivity index (χ4v) is 1.49. The van der Waals surface area contributed by atoms with Gasteiger partial charge in [0.15, 0.2) is 0 Å². The predicted molar refractivity (Wildman–Crippen MR) is 69.7 cm³/mol. The average molecular weight is 245 g/mol. The Labute approximate surface area is 106 Å². The zero-order valence-electron chi connectivity index (χ0n) is 10.0. The third-order valence-electron chi connectivity index (χ3n) is 2.36. The number of carboxylic acid groups (broad SMARTS) is 1. The summed E-state index contributed by atoms with van der Waals surface area (Å²) in [4.78, 5) is 24.4. The van der Waals surface area contributed by atoms with E-state index in [0.29, 0.717) is 18.7 Å². The molecule has 0 bridgehead atoms. The number of carboxylic acids is 1. The third kappa shape index (κ3) is 3.31. The summed E-state index contributed by atoms with van der Waals surface area (Å²) in [5, 5.41) is 8.77. The molecule has 0 atom stereocenters. The highest BCUT2D eigenvalue weighted by Crippen LogP contribution is 2.08. The van der Waals surface area contributed by atoms with Gasteiger partial charge in [0.05, 0.1) is 5.56 Å². The van der Waals surface area contributed by atoms with Crippen molar-refractivity contribution in [1.82, 2.24) is 4.90 Å². The summed E-state index contributed by atoms with van der Waals surface area (Å²) >= 11 is 0. The number of rotatable bonds is 6. The number of aromatic carboxylic acids is 1. The van der Waals surface area contributed by atoms with Crippen LogP contribution < -0.4 is 0 Å². The van der Waals surface area contributed by atoms with Gasteiger partial charge in [-0.15, -0.1) is 13.2 Å². The zero-order chi connectivity index (χ0) is 13.5. The predicted octanol–water partition coefficient (Wildman–Crippen LogP) is 2.20. The highest BCUT2D eigenvalue weighted by Gasteiger charge is 2.13. The van der Waals surface area contributed by atoms with E-state index < -0.39 is 5.97 Å². The van der Waals surface area contributed by atoms with Crippen LogP contribution in [-0.2, 0) is 0 Å². The third-order valence-corrected chi connectivity index (χ3v) is 2.36. The fraction of sp³-hybridized carbons (Fsp3) is 0.143. The van der Waals surface area contributed by atoms with Crippen molar-refractivity contribution < 1.29 is 14.7 Å². The van der Waals surface area contributed by atoms with Gasteiger partial charge in [-0.25, -0.2) is 4.79 Å². The molecular formula is C14H15NO3. The van der Waals surface area contributed by atoms with Crippen molar-refractivity contribution in [3.8, 4) is 0 Å². The molecule has 0 saturated carbocycles. The molecule has 0 unspecified atom stereocenters. The topological polar surface area (TPSA) is 57.6 Å². The molecule has 1 aromatic carbocycles. The Bertz CT molecular complexity index is 452. The Morgan fingerprint density at radius 3 is 1.89 bits per heavy atom. The van der Waals surface area contributed by atoms with Gasteiger partial charge < -0.3 is 10.0 Å². The van der Waals surface area contributed by atoms with E-state index in [1.54, 1.807) is 17.1 Å². The molecule has 4 nitrogen and oxygen atoms in total. The molecule has 0 heterocycles. The number of hydrogen-bond acceptors (Lipinski definition) is 2. The first kappa shape index (κ1) is 13.7. The van der Waals surface area contributed by atoms with E-state index >= 15 is 0 Å². The lowest BCUT2D eigenvalue weighted by Crippen LogP contribution is -2.31. The van der Waals surface area contributed by atoms with Gasteiger partial charge in [0, 0.05) is 18.7 Å². The van der Waals surface area contributed by atoms with Crippen LogP contribution in [-0.4, -0.2) is 35.0 Å². The minimum Gasteiger partial charge on any atom is -0.478 e. The van der Waals surface area contributed by atoms with E-state index in [-0.39, 0.29) is 11.5 Å². The number of benzene rings is 1. The average Bonchev–Trinajstić information content (AvgIpc) is 2.38. The quantitative estimate of drug-likeness (QED) is 0.782. The lowest BCUT2D eigenvalue weighted by atomic mass is 10.1. The molecule has 4 heteroatoms. The summed E-state index contributed by atoms with van der Waals surface area (Å²) < 4.78 is 0. The van der Waals surface area contributed by atoms with Crippen molar-refractivity contribution in [1.29, 1.82) is 0 Å². The summed E-state index contributed by atoms with van der Waals surface area (Å²) in [5.41, 5.74) is 0.606. The van der Waals surface area contributed by atoms with Crippen molar-refractivity contribution in [2.75, 3.05) is 13.1 Å². The maximum absolute atomic E-state index is 12.1. The van der Waals surface area contributed by atoms with Crippen LogP contribution in [0, 0.1) is 0 Å². The van der Waals surface area contributed by atoms with Crippen molar-refractivity contribution in [3.63, 3.8) is 0 Å². The first-order chi connectivity index (χ1) is 8.60. The molecule has 18 heavy (non-hydrogen) atoms. The normalized spacial score (nSPS) is 9.56. The Morgan fingerprint density at radius 1 is 1.06 bits per heavy atom. The smallest absolute Gasteiger partial charge is 0.335 e. The van der Waals surface area contributed by atoms with Crippen LogP contribution >= 0.6 is 0 Å². The van der Waals surface area contributed by atoms with Crippen molar-refractivity contribution in [2.24, 2.45) is 0 Å². The summed E-state index contributed by atoms with van der Waals surface area (Å²) in [6.07, 6.45) is 3.26. The van der Waals surface area contributed by atoms with Gasteiger partial charge in [-0.3, -0.25) is 4.79 Å². The van der Waals surface area contributed by atoms with Gasteiger partial charge >= 0.3 is 5.97 Å². The second-order valence-electron chi connectivity index (χ2n) is 3.67. The summed E-state index contributed by atoms with van der Waals surface area (Å²) in [6.45, 7) is 8.02. The molecular weight excluding hydrogens is 230 g/mol. The molecule has 0 aliphatic heterocycles. The second-order valence-corrected chi connectivity index (χ2v) is 3.67. The van der Waals surface area contributed by atoms with Gasteiger partial charge in [-0.05, 0) is 24.3 Å². The van der Waals surface area contributed by atoms with Gasteiger partial charge in [-0.1, -0.05) is 12.2 Å². The number of amides is 1. The number of carbonyl (C=O) groups excluding carboxylic acids is 1. The number of carbonyl (C=O) groups is 2. The standard InChI is InChI=1S/C14H15NO3/c1-3-9-15(10-4-2)13(16)11-5-7-12(8-6-11)14(17)18/h3-8H,1-2,9-10H2,(H,17,18). The van der Waals surface area contributed by atoms with E-state index in [1.165, 1.54) is 24.3 Å². The maximum Gasteiger partial charge on any atom is 0.335 e. The molecule has 1 N–H and O–H groups in total. The number of nitrogens with zero attached hydrogens (tertiary/aromatic N) is 1. The van der Waals surface area contributed by atoms with Gasteiger partial charge in [0.1, 0.15) is 0 Å². The largest absolute Gasteiger partial charge is 0.478 e. The first-order valence-electron chi connectivity index (χ1n) is 5.44. The Balaban J connectivity index is 2.90. The van der Waals surface area contributed by atoms with Crippen LogP contribution in [0.2, 0.25) is 0 Å². The summed E-state index contributed by atoms with van der Waals surface area (Å²) in [5.74, 6) is -1.19. The van der Waals surface area contributed by atoms with E-state index in [2.05, 4.69) is 13.2 Å². The molecule has 0 radical (unpaired) electrons. The summed E-state index contributed by atoms with van der Waals surface area (Å²) in [6, 6.07) is 5.83. The van der Waals surface area contributed by atoms with Crippen LogP contribution in [0.3, 0.4) is 0 Å². The molecule has 0 aliphatic rings. The van der Waals surface area contributed by atoms with E-state index in [1.807, 2.05) is 0 Å². The van der Waals surface area contributed by atoms with E-state index in [0.717, 1.165) is 0 Å². The Morgan fingerprint density at radius 2 is 1.50 bits per heavy atom. The fourth-order valence-electron chi connectivity index (χ4n) is 1.49. The van der Waals surface area contributed by atoms with E-state index in [4.69, 9.17) is 5.11 Å². The second kappa shape index (κ2) is 6.39. The molecule has 94 valence electrons. The molecule has 1 rings (SSSR count). The zero-order valence-corrected chi connectivity index (χ0v) is 10.0. The molecule has 0 aromatic heterocycles. The van der Waals surface area contributed by atoms with Crippen molar-refractivity contribution in [2.45, 2.75) is 0 Å². The maximum atomic E-state index is 12.1. The Hall–Kier alpha value is -2.36. The molecule has 0 aliphatic carbocycles. The van der Waals surface area contributed by atoms with Crippen LogP contribution in [0.1, 0.15) is 20.7 Å². The van der Waals surface area contributed by atoms with Crippen LogP contribution in [0.5, 0.6) is 0 Å². The summed E-state index contributed by atoms with van der Waals surface area (Å²) in [7, 11) is 0. The van der Waals surface area contributed by atoms with Gasteiger partial charge in [0.2, 0.25) is 0 Å². The minimum atomic E-state index is -1.01. The van der Waals surface area contributed by atoms with E-state index in [9.17, 15) is 9.59 Å². The van der Waals surface area contributed by atoms with Gasteiger partial charge in [-0.2, -0.15) is 0 Å². The lowest BCUT2D eigenvalue weighted by Gasteiger charge is -2.19. The first-order valence-corrected chi connectivity index (χ1v) is 5.44. The lowest BCUT2D eigenvalue weighted by molar-refractivity contribution is 0.0695. The molecule has 0 fully saturated rings. The molecule has 1 amide bonds. The van der Waals surface area contributed by atoms with Gasteiger partial charge in [0.25, 0.3) is 5.91 Å². The van der Waals surface area contributed by atoms with Crippen molar-refractivity contribution >= 4 is 11.9 Å².